The van der Waals surface area contributed by atoms with Gasteiger partial charge in [-0.3, -0.25) is 0 Å². The van der Waals surface area contributed by atoms with E-state index < -0.39 is 0 Å². The third kappa shape index (κ3) is 1.85. The fourth-order valence-corrected chi connectivity index (χ4v) is 3.46. The highest BCUT2D eigenvalue weighted by Gasteiger charge is 2.24. The quantitative estimate of drug-likeness (QED) is 0.671. The normalized spacial score (nSPS) is 22.6. The molecular weight excluding hydrogens is 232 g/mol. The monoisotopic (exact) mass is 250 g/mol. The van der Waals surface area contributed by atoms with Crippen molar-refractivity contribution in [1.29, 1.82) is 0 Å². The van der Waals surface area contributed by atoms with Gasteiger partial charge in [0.15, 0.2) is 0 Å². The maximum absolute atomic E-state index is 2.40. The first-order chi connectivity index (χ1) is 8.77. The lowest BCUT2D eigenvalue weighted by molar-refractivity contribution is 0.828. The molecule has 3 rings (SSSR count). The zero-order valence-electron chi connectivity index (χ0n) is 11.0. The molecule has 0 saturated carbocycles. The standard InChI is InChI=1S/C17H18Si/c1-12-11-16-14(13-7-3-2-4-8-13)9-5-6-10-15(16)17(12)18/h2-8,10-11,14H,9H2,1,18H3. The van der Waals surface area contributed by atoms with Crippen LogP contribution in [0.1, 0.15) is 24.8 Å². The molecule has 0 spiro atoms. The predicted molar refractivity (Wildman–Crippen MR) is 81.7 cm³/mol. The molecule has 1 aromatic carbocycles. The summed E-state index contributed by atoms with van der Waals surface area (Å²) in [6.45, 7) is 2.25. The zero-order chi connectivity index (χ0) is 12.5. The molecule has 1 heteroatoms. The van der Waals surface area contributed by atoms with Crippen molar-refractivity contribution in [3.05, 3.63) is 82.1 Å². The van der Waals surface area contributed by atoms with Crippen LogP contribution in [0.4, 0.5) is 0 Å². The molecule has 18 heavy (non-hydrogen) atoms. The Balaban J connectivity index is 2.07. The van der Waals surface area contributed by atoms with Crippen molar-refractivity contribution in [2.45, 2.75) is 19.3 Å². The lowest BCUT2D eigenvalue weighted by Gasteiger charge is -2.18. The summed E-state index contributed by atoms with van der Waals surface area (Å²) in [5, 5.41) is 1.57. The summed E-state index contributed by atoms with van der Waals surface area (Å²) >= 11 is 0. The highest BCUT2D eigenvalue weighted by atomic mass is 28.1. The average Bonchev–Trinajstić information content (AvgIpc) is 2.58. The lowest BCUT2D eigenvalue weighted by atomic mass is 9.86. The Labute approximate surface area is 112 Å². The second kappa shape index (κ2) is 4.58. The van der Waals surface area contributed by atoms with Gasteiger partial charge < -0.3 is 0 Å². The van der Waals surface area contributed by atoms with E-state index in [9.17, 15) is 0 Å². The molecule has 1 unspecified atom stereocenters. The largest absolute Gasteiger partial charge is 0.0836 e. The van der Waals surface area contributed by atoms with E-state index in [1.807, 2.05) is 0 Å². The topological polar surface area (TPSA) is 0 Å². The van der Waals surface area contributed by atoms with E-state index in [1.165, 1.54) is 22.3 Å². The molecule has 0 saturated heterocycles. The fourth-order valence-electron chi connectivity index (χ4n) is 2.86. The van der Waals surface area contributed by atoms with Gasteiger partial charge in [-0.05, 0) is 30.1 Å². The summed E-state index contributed by atoms with van der Waals surface area (Å²) in [7, 11) is 1.13. The SMILES string of the molecule is CC1=C([SiH3])C2=CC=CCC(c3ccccc3)C2=C1. The van der Waals surface area contributed by atoms with Crippen LogP contribution < -0.4 is 0 Å². The molecule has 0 nitrogen and oxygen atoms in total. The Bertz CT molecular complexity index is 585. The summed E-state index contributed by atoms with van der Waals surface area (Å²) in [5.41, 5.74) is 5.92. The van der Waals surface area contributed by atoms with E-state index in [1.54, 1.807) is 5.20 Å². The van der Waals surface area contributed by atoms with Crippen LogP contribution in [0.25, 0.3) is 0 Å². The van der Waals surface area contributed by atoms with Gasteiger partial charge >= 0.3 is 0 Å². The van der Waals surface area contributed by atoms with Crippen molar-refractivity contribution in [3.63, 3.8) is 0 Å². The molecule has 0 radical (unpaired) electrons. The summed E-state index contributed by atoms with van der Waals surface area (Å²) < 4.78 is 0. The summed E-state index contributed by atoms with van der Waals surface area (Å²) in [4.78, 5) is 0. The van der Waals surface area contributed by atoms with Crippen LogP contribution in [0.2, 0.25) is 0 Å². The van der Waals surface area contributed by atoms with E-state index in [0.717, 1.165) is 16.7 Å². The fraction of sp³-hybridized carbons (Fsp3) is 0.176. The van der Waals surface area contributed by atoms with Gasteiger partial charge in [-0.1, -0.05) is 65.4 Å². The predicted octanol–water partition coefficient (Wildman–Crippen LogP) is 3.24. The molecule has 2 aliphatic carbocycles. The number of benzene rings is 1. The third-order valence-corrected chi connectivity index (χ3v) is 5.35. The van der Waals surface area contributed by atoms with Gasteiger partial charge in [0, 0.05) is 16.2 Å². The van der Waals surface area contributed by atoms with Gasteiger partial charge in [-0.15, -0.1) is 0 Å². The first kappa shape index (κ1) is 11.5. The minimum absolute atomic E-state index is 0.526. The lowest BCUT2D eigenvalue weighted by Crippen LogP contribution is -2.02. The molecule has 0 bridgehead atoms. The van der Waals surface area contributed by atoms with Gasteiger partial charge in [0.1, 0.15) is 0 Å². The molecule has 1 atom stereocenters. The van der Waals surface area contributed by atoms with Crippen LogP contribution in [-0.2, 0) is 0 Å². The molecular formula is C17H18Si. The van der Waals surface area contributed by atoms with E-state index >= 15 is 0 Å². The van der Waals surface area contributed by atoms with Gasteiger partial charge in [-0.25, -0.2) is 0 Å². The number of fused-ring (bicyclic) bond motifs is 1. The van der Waals surface area contributed by atoms with Gasteiger partial charge in [0.25, 0.3) is 0 Å². The summed E-state index contributed by atoms with van der Waals surface area (Å²) in [5.74, 6) is 0.526. The van der Waals surface area contributed by atoms with Gasteiger partial charge in [0.2, 0.25) is 0 Å². The number of rotatable bonds is 1. The Morgan fingerprint density at radius 1 is 1.17 bits per heavy atom. The van der Waals surface area contributed by atoms with Crippen LogP contribution in [0.5, 0.6) is 0 Å². The first-order valence-electron chi connectivity index (χ1n) is 6.59. The Morgan fingerprint density at radius 2 is 1.94 bits per heavy atom. The van der Waals surface area contributed by atoms with Crippen LogP contribution in [-0.4, -0.2) is 10.2 Å². The number of allylic oxidation sites excluding steroid dienone is 8. The molecule has 0 N–H and O–H groups in total. The maximum atomic E-state index is 2.40. The minimum Gasteiger partial charge on any atom is -0.0836 e. The summed E-state index contributed by atoms with van der Waals surface area (Å²) in [6.07, 6.45) is 10.3. The zero-order valence-corrected chi connectivity index (χ0v) is 13.0. The van der Waals surface area contributed by atoms with Crippen LogP contribution in [0, 0.1) is 0 Å². The highest BCUT2D eigenvalue weighted by molar-refractivity contribution is 6.26. The third-order valence-electron chi connectivity index (χ3n) is 4.03. The van der Waals surface area contributed by atoms with Crippen molar-refractivity contribution < 1.29 is 0 Å². The van der Waals surface area contributed by atoms with Crippen molar-refractivity contribution >= 4 is 10.2 Å². The Kier molecular flexibility index (Phi) is 2.92. The second-order valence-electron chi connectivity index (χ2n) is 5.12. The second-order valence-corrected chi connectivity index (χ2v) is 6.12. The van der Waals surface area contributed by atoms with Crippen molar-refractivity contribution in [3.8, 4) is 0 Å². The Hall–Kier alpha value is -1.60. The Morgan fingerprint density at radius 3 is 2.72 bits per heavy atom. The molecule has 0 aliphatic heterocycles. The number of hydrogen-bond acceptors (Lipinski definition) is 0. The maximum Gasteiger partial charge on any atom is 0.0396 e. The molecule has 0 amide bonds. The summed E-state index contributed by atoms with van der Waals surface area (Å²) in [6, 6.07) is 10.9. The smallest absolute Gasteiger partial charge is 0.0396 e. The highest BCUT2D eigenvalue weighted by Crippen LogP contribution is 2.41. The molecule has 1 aromatic rings. The van der Waals surface area contributed by atoms with Crippen molar-refractivity contribution in [2.24, 2.45) is 0 Å². The van der Waals surface area contributed by atoms with Crippen LogP contribution in [0.15, 0.2) is 76.6 Å². The van der Waals surface area contributed by atoms with Crippen LogP contribution in [0.3, 0.4) is 0 Å². The molecule has 90 valence electrons. The van der Waals surface area contributed by atoms with E-state index in [-0.39, 0.29) is 0 Å². The van der Waals surface area contributed by atoms with Crippen LogP contribution >= 0.6 is 0 Å². The van der Waals surface area contributed by atoms with E-state index in [4.69, 9.17) is 0 Å². The molecule has 0 heterocycles. The van der Waals surface area contributed by atoms with E-state index in [2.05, 4.69) is 61.6 Å². The average molecular weight is 250 g/mol. The minimum atomic E-state index is 0.526. The number of hydrogen-bond donors (Lipinski definition) is 0. The van der Waals surface area contributed by atoms with Crippen molar-refractivity contribution in [1.82, 2.24) is 0 Å². The van der Waals surface area contributed by atoms with Gasteiger partial charge in [0.05, 0.1) is 0 Å². The van der Waals surface area contributed by atoms with E-state index in [0.29, 0.717) is 5.92 Å². The molecule has 2 aliphatic rings. The van der Waals surface area contributed by atoms with Gasteiger partial charge in [-0.2, -0.15) is 0 Å². The van der Waals surface area contributed by atoms with Crippen molar-refractivity contribution in [2.75, 3.05) is 0 Å². The molecule has 0 fully saturated rings. The first-order valence-corrected chi connectivity index (χ1v) is 7.59. The molecule has 0 aromatic heterocycles.